The Bertz CT molecular complexity index is 429. The van der Waals surface area contributed by atoms with E-state index in [-0.39, 0.29) is 24.6 Å². The van der Waals surface area contributed by atoms with E-state index in [4.69, 9.17) is 10.5 Å². The Morgan fingerprint density at radius 2 is 1.64 bits per heavy atom. The van der Waals surface area contributed by atoms with Crippen LogP contribution in [0.2, 0.25) is 0 Å². The molecular weight excluding hydrogens is 326 g/mol. The summed E-state index contributed by atoms with van der Waals surface area (Å²) in [7, 11) is -3.48. The fourth-order valence-electron chi connectivity index (χ4n) is 3.26. The highest BCUT2D eigenvalue weighted by molar-refractivity contribution is 7.87. The number of rotatable bonds is 4. The average molecular weight is 356 g/mol. The first-order valence-corrected chi connectivity index (χ1v) is 9.44. The molecule has 3 N–H and O–H groups in total. The first-order chi connectivity index (χ1) is 9.81. The zero-order chi connectivity index (χ0) is 15.5. The summed E-state index contributed by atoms with van der Waals surface area (Å²) in [5, 5.41) is 0. The molecule has 0 radical (unpaired) electrons. The van der Waals surface area contributed by atoms with Crippen molar-refractivity contribution in [2.24, 2.45) is 5.73 Å². The van der Waals surface area contributed by atoms with Gasteiger partial charge in [0, 0.05) is 25.2 Å². The molecule has 0 aromatic carbocycles. The molecule has 0 spiro atoms. The molecule has 0 amide bonds. The fourth-order valence-corrected chi connectivity index (χ4v) is 4.73. The highest BCUT2D eigenvalue weighted by Gasteiger charge is 2.33. The van der Waals surface area contributed by atoms with Crippen LogP contribution >= 0.6 is 12.4 Å². The molecule has 132 valence electrons. The minimum absolute atomic E-state index is 0. The minimum Gasteiger partial charge on any atom is -0.373 e. The second-order valence-electron chi connectivity index (χ2n) is 6.68. The van der Waals surface area contributed by atoms with Crippen LogP contribution in [0.4, 0.5) is 0 Å². The molecular formula is C14H30ClN3O3S. The Morgan fingerprint density at radius 1 is 1.14 bits per heavy atom. The third-order valence-electron chi connectivity index (χ3n) is 4.43. The van der Waals surface area contributed by atoms with Crippen LogP contribution in [0.1, 0.15) is 52.4 Å². The molecule has 2 atom stereocenters. The van der Waals surface area contributed by atoms with Gasteiger partial charge in [0.15, 0.2) is 0 Å². The van der Waals surface area contributed by atoms with Crippen LogP contribution in [0.5, 0.6) is 0 Å². The third kappa shape index (κ3) is 5.62. The maximum absolute atomic E-state index is 12.5. The lowest BCUT2D eigenvalue weighted by atomic mass is 9.92. The first-order valence-electron chi connectivity index (χ1n) is 8.00. The van der Waals surface area contributed by atoms with Crippen molar-refractivity contribution in [3.8, 4) is 0 Å². The van der Waals surface area contributed by atoms with Gasteiger partial charge in [-0.25, -0.2) is 4.72 Å². The first kappa shape index (κ1) is 20.1. The van der Waals surface area contributed by atoms with Crippen molar-refractivity contribution < 1.29 is 13.2 Å². The Balaban J connectivity index is 0.00000242. The van der Waals surface area contributed by atoms with Gasteiger partial charge < -0.3 is 10.5 Å². The van der Waals surface area contributed by atoms with E-state index in [1.807, 2.05) is 13.8 Å². The quantitative estimate of drug-likeness (QED) is 0.746. The van der Waals surface area contributed by atoms with Crippen LogP contribution in [-0.2, 0) is 14.9 Å². The largest absolute Gasteiger partial charge is 0.373 e. The van der Waals surface area contributed by atoms with Gasteiger partial charge in [0.1, 0.15) is 0 Å². The van der Waals surface area contributed by atoms with Gasteiger partial charge in [-0.05, 0) is 26.7 Å². The molecule has 1 saturated carbocycles. The van der Waals surface area contributed by atoms with Crippen molar-refractivity contribution in [3.05, 3.63) is 0 Å². The predicted molar refractivity (Wildman–Crippen MR) is 90.4 cm³/mol. The van der Waals surface area contributed by atoms with Crippen molar-refractivity contribution in [2.75, 3.05) is 19.6 Å². The molecule has 0 aromatic heterocycles. The van der Waals surface area contributed by atoms with Gasteiger partial charge in [-0.15, -0.1) is 12.4 Å². The summed E-state index contributed by atoms with van der Waals surface area (Å²) in [6, 6.07) is 0. The molecule has 1 heterocycles. The molecule has 0 bridgehead atoms. The summed E-state index contributed by atoms with van der Waals surface area (Å²) in [6.45, 7) is 4.92. The number of morpholine rings is 1. The van der Waals surface area contributed by atoms with Crippen LogP contribution in [0, 0.1) is 0 Å². The summed E-state index contributed by atoms with van der Waals surface area (Å²) < 4.78 is 34.7. The third-order valence-corrected chi connectivity index (χ3v) is 5.92. The molecule has 2 fully saturated rings. The van der Waals surface area contributed by atoms with Crippen molar-refractivity contribution >= 4 is 22.6 Å². The molecule has 1 saturated heterocycles. The zero-order valence-corrected chi connectivity index (χ0v) is 15.2. The number of hydrogen-bond donors (Lipinski definition) is 2. The Hall–Kier alpha value is 0.0800. The summed E-state index contributed by atoms with van der Waals surface area (Å²) in [4.78, 5) is 0. The normalized spacial score (nSPS) is 30.3. The maximum atomic E-state index is 12.5. The van der Waals surface area contributed by atoms with Crippen LogP contribution in [-0.4, -0.2) is 50.1 Å². The number of nitrogens with zero attached hydrogens (tertiary/aromatic N) is 1. The molecule has 2 aliphatic rings. The fraction of sp³-hybridized carbons (Fsp3) is 1.00. The van der Waals surface area contributed by atoms with Crippen LogP contribution in [0.3, 0.4) is 0 Å². The van der Waals surface area contributed by atoms with E-state index in [0.29, 0.717) is 19.6 Å². The van der Waals surface area contributed by atoms with Gasteiger partial charge in [0.2, 0.25) is 0 Å². The summed E-state index contributed by atoms with van der Waals surface area (Å²) >= 11 is 0. The molecule has 1 aliphatic carbocycles. The number of ether oxygens (including phenoxy) is 1. The van der Waals surface area contributed by atoms with E-state index in [1.54, 1.807) is 0 Å². The molecule has 6 nitrogen and oxygen atoms in total. The monoisotopic (exact) mass is 355 g/mol. The van der Waals surface area contributed by atoms with Crippen molar-refractivity contribution in [2.45, 2.75) is 70.1 Å². The predicted octanol–water partition coefficient (Wildman–Crippen LogP) is 1.40. The van der Waals surface area contributed by atoms with Gasteiger partial charge in [0.25, 0.3) is 10.2 Å². The van der Waals surface area contributed by atoms with E-state index < -0.39 is 15.7 Å². The zero-order valence-electron chi connectivity index (χ0n) is 13.6. The van der Waals surface area contributed by atoms with Crippen molar-refractivity contribution in [1.29, 1.82) is 0 Å². The Labute approximate surface area is 140 Å². The van der Waals surface area contributed by atoms with E-state index in [9.17, 15) is 8.42 Å². The smallest absolute Gasteiger partial charge is 0.279 e. The van der Waals surface area contributed by atoms with E-state index in [1.165, 1.54) is 17.1 Å². The molecule has 22 heavy (non-hydrogen) atoms. The second-order valence-corrected chi connectivity index (χ2v) is 8.43. The second kappa shape index (κ2) is 8.26. The Kier molecular flexibility index (Phi) is 7.56. The minimum atomic E-state index is -3.48. The van der Waals surface area contributed by atoms with Gasteiger partial charge >= 0.3 is 0 Å². The molecule has 2 unspecified atom stereocenters. The number of hydrogen-bond acceptors (Lipinski definition) is 4. The molecule has 2 rings (SSSR count). The lowest BCUT2D eigenvalue weighted by molar-refractivity contribution is -0.0444. The van der Waals surface area contributed by atoms with E-state index in [0.717, 1.165) is 25.7 Å². The highest BCUT2D eigenvalue weighted by Crippen LogP contribution is 2.24. The lowest BCUT2D eigenvalue weighted by Crippen LogP contribution is -2.56. The van der Waals surface area contributed by atoms with Gasteiger partial charge in [-0.1, -0.05) is 25.7 Å². The lowest BCUT2D eigenvalue weighted by Gasteiger charge is -2.35. The summed E-state index contributed by atoms with van der Waals surface area (Å²) in [6.07, 6.45) is 6.21. The molecule has 8 heteroatoms. The Morgan fingerprint density at radius 3 is 2.14 bits per heavy atom. The summed E-state index contributed by atoms with van der Waals surface area (Å²) in [5.41, 5.74) is 5.98. The van der Waals surface area contributed by atoms with Gasteiger partial charge in [-0.2, -0.15) is 12.7 Å². The van der Waals surface area contributed by atoms with Crippen molar-refractivity contribution in [1.82, 2.24) is 9.03 Å². The highest BCUT2D eigenvalue weighted by atomic mass is 35.5. The van der Waals surface area contributed by atoms with Gasteiger partial charge in [-0.3, -0.25) is 0 Å². The standard InChI is InChI=1S/C14H29N3O3S.ClH/c1-12-9-17(10-13(2)20-12)21(18,19)16-11-14(15)7-5-3-4-6-8-14;/h12-13,16H,3-11,15H2,1-2H3;1H. The van der Waals surface area contributed by atoms with E-state index in [2.05, 4.69) is 4.72 Å². The SMILES string of the molecule is CC1CN(S(=O)(=O)NCC2(N)CCCCCC2)CC(C)O1.Cl. The van der Waals surface area contributed by atoms with Crippen LogP contribution < -0.4 is 10.5 Å². The summed E-state index contributed by atoms with van der Waals surface area (Å²) in [5.74, 6) is 0. The molecule has 1 aliphatic heterocycles. The van der Waals surface area contributed by atoms with Gasteiger partial charge in [0.05, 0.1) is 12.2 Å². The number of nitrogens with two attached hydrogens (primary N) is 1. The van der Waals surface area contributed by atoms with Crippen LogP contribution in [0.15, 0.2) is 0 Å². The van der Waals surface area contributed by atoms with Crippen LogP contribution in [0.25, 0.3) is 0 Å². The molecule has 0 aromatic rings. The van der Waals surface area contributed by atoms with Crippen molar-refractivity contribution in [3.63, 3.8) is 0 Å². The topological polar surface area (TPSA) is 84.7 Å². The maximum Gasteiger partial charge on any atom is 0.279 e. The number of halogens is 1. The average Bonchev–Trinajstić information content (AvgIpc) is 2.61. The number of nitrogens with one attached hydrogen (secondary N) is 1. The van der Waals surface area contributed by atoms with E-state index >= 15 is 0 Å².